The Labute approximate surface area is 267 Å². The number of nitrogens with two attached hydrogens (primary N) is 1. The lowest BCUT2D eigenvalue weighted by Gasteiger charge is -2.36. The first-order valence-corrected chi connectivity index (χ1v) is 16.0. The molecular weight excluding hydrogens is 600 g/mol. The standard InChI is InChI=1S/C35H40ClF2N3O4/c36-28-14-8-25(9-15-28)24-6-12-27(13-7-24)35(37,38)32(34(44)41-20-18-29(39)19-21-41)40-33(43)31(42)26-10-16-30(17-11-26)45-22-23-4-2-1-3-5-23/h6-17,23,29,31-32,42H,1-5,18-22,39H2,(H,40,43). The number of likely N-dealkylation sites (tertiary alicyclic amines) is 1. The molecule has 45 heavy (non-hydrogen) atoms. The van der Waals surface area contributed by atoms with Crippen LogP contribution < -0.4 is 15.8 Å². The molecule has 10 heteroatoms. The predicted octanol–water partition coefficient (Wildman–Crippen LogP) is 6.23. The molecule has 1 heterocycles. The summed E-state index contributed by atoms with van der Waals surface area (Å²) in [5.74, 6) is -4.71. The molecule has 2 amide bonds. The number of aliphatic hydroxyl groups is 1. The van der Waals surface area contributed by atoms with Crippen LogP contribution in [-0.4, -0.2) is 53.6 Å². The van der Waals surface area contributed by atoms with Crippen LogP contribution in [0.4, 0.5) is 8.78 Å². The number of ether oxygens (including phenoxy) is 1. The van der Waals surface area contributed by atoms with Crippen molar-refractivity contribution in [3.63, 3.8) is 0 Å². The number of rotatable bonds is 10. The summed E-state index contributed by atoms with van der Waals surface area (Å²) in [6.07, 6.45) is 5.10. The van der Waals surface area contributed by atoms with Gasteiger partial charge in [0.15, 0.2) is 12.1 Å². The minimum absolute atomic E-state index is 0.126. The summed E-state index contributed by atoms with van der Waals surface area (Å²) < 4.78 is 38.3. The number of carbonyl (C=O) groups excluding carboxylic acids is 2. The molecule has 240 valence electrons. The smallest absolute Gasteiger partial charge is 0.301 e. The minimum atomic E-state index is -3.79. The van der Waals surface area contributed by atoms with Gasteiger partial charge < -0.3 is 25.8 Å². The predicted molar refractivity (Wildman–Crippen MR) is 170 cm³/mol. The highest BCUT2D eigenvalue weighted by Gasteiger charge is 2.49. The minimum Gasteiger partial charge on any atom is -0.493 e. The number of amides is 2. The fourth-order valence-corrected chi connectivity index (χ4v) is 6.12. The van der Waals surface area contributed by atoms with E-state index in [0.29, 0.717) is 41.7 Å². The summed E-state index contributed by atoms with van der Waals surface area (Å²) >= 11 is 5.97. The van der Waals surface area contributed by atoms with Gasteiger partial charge in [0.1, 0.15) is 5.75 Å². The molecule has 1 saturated heterocycles. The van der Waals surface area contributed by atoms with Gasteiger partial charge in [-0.05, 0) is 72.6 Å². The molecule has 1 aliphatic carbocycles. The molecule has 3 aromatic carbocycles. The van der Waals surface area contributed by atoms with Gasteiger partial charge in [-0.3, -0.25) is 9.59 Å². The van der Waals surface area contributed by atoms with Gasteiger partial charge in [0.2, 0.25) is 0 Å². The fourth-order valence-electron chi connectivity index (χ4n) is 5.99. The van der Waals surface area contributed by atoms with Crippen LogP contribution in [0.5, 0.6) is 5.75 Å². The Morgan fingerprint density at radius 1 is 0.911 bits per heavy atom. The Morgan fingerprint density at radius 2 is 1.49 bits per heavy atom. The molecule has 4 N–H and O–H groups in total. The van der Waals surface area contributed by atoms with Crippen LogP contribution >= 0.6 is 11.6 Å². The van der Waals surface area contributed by atoms with E-state index in [4.69, 9.17) is 22.1 Å². The molecule has 2 unspecified atom stereocenters. The van der Waals surface area contributed by atoms with E-state index in [9.17, 15) is 14.7 Å². The van der Waals surface area contributed by atoms with Crippen LogP contribution in [0, 0.1) is 5.92 Å². The molecule has 7 nitrogen and oxygen atoms in total. The van der Waals surface area contributed by atoms with Crippen molar-refractivity contribution < 1.29 is 28.2 Å². The van der Waals surface area contributed by atoms with E-state index >= 15 is 8.78 Å². The van der Waals surface area contributed by atoms with Crippen LogP contribution in [0.1, 0.15) is 62.2 Å². The van der Waals surface area contributed by atoms with Crippen molar-refractivity contribution in [3.05, 3.63) is 88.9 Å². The van der Waals surface area contributed by atoms with Crippen molar-refractivity contribution in [3.8, 4) is 16.9 Å². The highest BCUT2D eigenvalue weighted by molar-refractivity contribution is 6.30. The van der Waals surface area contributed by atoms with E-state index in [1.165, 1.54) is 60.6 Å². The molecular formula is C35H40ClF2N3O4. The summed E-state index contributed by atoms with van der Waals surface area (Å²) in [4.78, 5) is 28.1. The lowest BCUT2D eigenvalue weighted by atomic mass is 9.90. The second-order valence-corrected chi connectivity index (χ2v) is 12.5. The maximum absolute atomic E-state index is 16.2. The Bertz CT molecular complexity index is 1420. The number of hydrogen-bond donors (Lipinski definition) is 3. The SMILES string of the molecule is NC1CCN(C(=O)C(NC(=O)C(O)c2ccc(OCC3CCCCC3)cc2)C(F)(F)c2ccc(-c3ccc(Cl)cc3)cc2)CC1. The lowest BCUT2D eigenvalue weighted by molar-refractivity contribution is -0.152. The number of benzene rings is 3. The Balaban J connectivity index is 1.31. The molecule has 0 radical (unpaired) electrons. The van der Waals surface area contributed by atoms with Crippen molar-refractivity contribution in [2.24, 2.45) is 11.7 Å². The molecule has 2 fully saturated rings. The lowest BCUT2D eigenvalue weighted by Crippen LogP contribution is -2.58. The van der Waals surface area contributed by atoms with Crippen LogP contribution in [0.2, 0.25) is 5.02 Å². The number of alkyl halides is 2. The van der Waals surface area contributed by atoms with Crippen LogP contribution in [0.15, 0.2) is 72.8 Å². The zero-order chi connectivity index (χ0) is 32.0. The van der Waals surface area contributed by atoms with E-state index in [1.54, 1.807) is 36.4 Å². The summed E-state index contributed by atoms with van der Waals surface area (Å²) in [7, 11) is 0. The van der Waals surface area contributed by atoms with Crippen LogP contribution in [-0.2, 0) is 15.5 Å². The second-order valence-electron chi connectivity index (χ2n) is 12.1. The third-order valence-corrected chi connectivity index (χ3v) is 9.10. The normalized spacial score (nSPS) is 17.8. The van der Waals surface area contributed by atoms with Gasteiger partial charge >= 0.3 is 5.92 Å². The van der Waals surface area contributed by atoms with Crippen LogP contribution in [0.3, 0.4) is 0 Å². The Hall–Kier alpha value is -3.53. The van der Waals surface area contributed by atoms with Gasteiger partial charge in [-0.2, -0.15) is 8.78 Å². The zero-order valence-electron chi connectivity index (χ0n) is 25.1. The van der Waals surface area contributed by atoms with Gasteiger partial charge in [0, 0.05) is 29.7 Å². The van der Waals surface area contributed by atoms with E-state index < -0.39 is 35.4 Å². The first-order valence-electron chi connectivity index (χ1n) is 15.6. The topological polar surface area (TPSA) is 105 Å². The van der Waals surface area contributed by atoms with Crippen molar-refractivity contribution in [2.45, 2.75) is 69.1 Å². The summed E-state index contributed by atoms with van der Waals surface area (Å²) in [5, 5.41) is 13.6. The first-order chi connectivity index (χ1) is 21.6. The molecule has 0 spiro atoms. The number of halogens is 3. The molecule has 0 aromatic heterocycles. The van der Waals surface area contributed by atoms with Crippen molar-refractivity contribution >= 4 is 23.4 Å². The van der Waals surface area contributed by atoms with Gasteiger partial charge in [0.05, 0.1) is 6.61 Å². The molecule has 3 aromatic rings. The molecule has 1 aliphatic heterocycles. The summed E-state index contributed by atoms with van der Waals surface area (Å²) in [6.45, 7) is 0.995. The molecule has 1 saturated carbocycles. The first kappa shape index (κ1) is 32.9. The maximum atomic E-state index is 16.2. The van der Waals surface area contributed by atoms with Crippen molar-refractivity contribution in [2.75, 3.05) is 19.7 Å². The van der Waals surface area contributed by atoms with Gasteiger partial charge in [-0.1, -0.05) is 79.4 Å². The van der Waals surface area contributed by atoms with E-state index in [2.05, 4.69) is 5.32 Å². The highest BCUT2D eigenvalue weighted by atomic mass is 35.5. The van der Waals surface area contributed by atoms with Gasteiger partial charge in [0.25, 0.3) is 11.8 Å². The van der Waals surface area contributed by atoms with Crippen molar-refractivity contribution in [1.29, 1.82) is 0 Å². The number of carbonyl (C=O) groups is 2. The summed E-state index contributed by atoms with van der Waals surface area (Å²) in [6, 6.07) is 16.5. The average molecular weight is 640 g/mol. The van der Waals surface area contributed by atoms with E-state index in [1.807, 2.05) is 0 Å². The Morgan fingerprint density at radius 3 is 2.09 bits per heavy atom. The molecule has 2 atom stereocenters. The van der Waals surface area contributed by atoms with E-state index in [0.717, 1.165) is 18.4 Å². The third-order valence-electron chi connectivity index (χ3n) is 8.85. The molecule has 5 rings (SSSR count). The highest BCUT2D eigenvalue weighted by Crippen LogP contribution is 2.35. The number of nitrogens with one attached hydrogen (secondary N) is 1. The van der Waals surface area contributed by atoms with Crippen LogP contribution in [0.25, 0.3) is 11.1 Å². The molecule has 0 bridgehead atoms. The number of nitrogens with zero attached hydrogens (tertiary/aromatic N) is 1. The van der Waals surface area contributed by atoms with Gasteiger partial charge in [-0.15, -0.1) is 0 Å². The number of hydrogen-bond acceptors (Lipinski definition) is 5. The number of aliphatic hydroxyl groups excluding tert-OH is 1. The van der Waals surface area contributed by atoms with E-state index in [-0.39, 0.29) is 24.7 Å². The Kier molecular flexibility index (Phi) is 10.7. The maximum Gasteiger partial charge on any atom is 0.301 e. The number of piperidine rings is 1. The third kappa shape index (κ3) is 8.20. The second kappa shape index (κ2) is 14.7. The largest absolute Gasteiger partial charge is 0.493 e. The van der Waals surface area contributed by atoms with Crippen molar-refractivity contribution in [1.82, 2.24) is 10.2 Å². The summed E-state index contributed by atoms with van der Waals surface area (Å²) in [5.41, 5.74) is 7.19. The zero-order valence-corrected chi connectivity index (χ0v) is 25.9. The quantitative estimate of drug-likeness (QED) is 0.244. The fraction of sp³-hybridized carbons (Fsp3) is 0.429. The average Bonchev–Trinajstić information content (AvgIpc) is 3.07. The monoisotopic (exact) mass is 639 g/mol. The van der Waals surface area contributed by atoms with Gasteiger partial charge in [-0.25, -0.2) is 0 Å². The molecule has 2 aliphatic rings.